The molecule has 72 valence electrons. The van der Waals surface area contributed by atoms with E-state index in [1.54, 1.807) is 0 Å². The molecule has 1 aliphatic rings. The van der Waals surface area contributed by atoms with Crippen LogP contribution in [0.25, 0.3) is 0 Å². The second-order valence-corrected chi connectivity index (χ2v) is 3.49. The van der Waals surface area contributed by atoms with Crippen molar-refractivity contribution in [2.24, 2.45) is 0 Å². The highest BCUT2D eigenvalue weighted by molar-refractivity contribution is 9.10. The molecule has 1 aromatic carbocycles. The molecule has 1 aliphatic heterocycles. The Morgan fingerprint density at radius 1 is 1.29 bits per heavy atom. The van der Waals surface area contributed by atoms with Crippen molar-refractivity contribution in [1.29, 1.82) is 0 Å². The van der Waals surface area contributed by atoms with E-state index in [1.807, 2.05) is 0 Å². The van der Waals surface area contributed by atoms with Gasteiger partial charge in [0.2, 0.25) is 0 Å². The van der Waals surface area contributed by atoms with Gasteiger partial charge in [-0.05, 0) is 22.0 Å². The Hall–Kier alpha value is -1.30. The van der Waals surface area contributed by atoms with Gasteiger partial charge >= 0.3 is 0 Å². The number of anilines is 1. The third-order valence-electron chi connectivity index (χ3n) is 1.85. The predicted octanol–water partition coefficient (Wildman–Crippen LogP) is 1.86. The quantitative estimate of drug-likeness (QED) is 0.573. The second-order valence-electron chi connectivity index (χ2n) is 2.69. The summed E-state index contributed by atoms with van der Waals surface area (Å²) in [6, 6.07) is 0.704. The molecule has 0 atom stereocenters. The smallest absolute Gasteiger partial charge is 0.296 e. The fourth-order valence-corrected chi connectivity index (χ4v) is 1.69. The van der Waals surface area contributed by atoms with Gasteiger partial charge in [-0.2, -0.15) is 0 Å². The van der Waals surface area contributed by atoms with Gasteiger partial charge in [-0.3, -0.25) is 9.59 Å². The van der Waals surface area contributed by atoms with Gasteiger partial charge in [0.25, 0.3) is 11.7 Å². The van der Waals surface area contributed by atoms with Crippen molar-refractivity contribution in [2.75, 3.05) is 5.32 Å². The number of halogens is 3. The van der Waals surface area contributed by atoms with E-state index in [1.165, 1.54) is 0 Å². The molecule has 0 fully saturated rings. The van der Waals surface area contributed by atoms with Crippen molar-refractivity contribution in [3.05, 3.63) is 27.7 Å². The number of hydrogen-bond acceptors (Lipinski definition) is 2. The lowest BCUT2D eigenvalue weighted by Gasteiger charge is -2.02. The van der Waals surface area contributed by atoms with Crippen LogP contribution in [0, 0.1) is 11.6 Å². The van der Waals surface area contributed by atoms with Crippen molar-refractivity contribution in [3.8, 4) is 0 Å². The first-order valence-electron chi connectivity index (χ1n) is 3.55. The number of fused-ring (bicyclic) bond motifs is 1. The van der Waals surface area contributed by atoms with Crippen LogP contribution in [0.15, 0.2) is 10.5 Å². The summed E-state index contributed by atoms with van der Waals surface area (Å²) in [5.41, 5.74) is -0.167. The number of benzene rings is 1. The van der Waals surface area contributed by atoms with Crippen molar-refractivity contribution in [2.45, 2.75) is 0 Å². The SMILES string of the molecule is O=C1Nc2c(cc(F)c(F)c2Br)C1=O. The van der Waals surface area contributed by atoms with Crippen LogP contribution < -0.4 is 5.32 Å². The van der Waals surface area contributed by atoms with Crippen LogP contribution in [0.2, 0.25) is 0 Å². The number of carbonyl (C=O) groups excluding carboxylic acids is 2. The predicted molar refractivity (Wildman–Crippen MR) is 47.0 cm³/mol. The van der Waals surface area contributed by atoms with Crippen LogP contribution in [0.4, 0.5) is 14.5 Å². The molecule has 0 saturated heterocycles. The summed E-state index contributed by atoms with van der Waals surface area (Å²) in [5, 5.41) is 2.14. The van der Waals surface area contributed by atoms with E-state index in [-0.39, 0.29) is 15.7 Å². The molecule has 1 amide bonds. The molecule has 0 unspecified atom stereocenters. The number of hydrogen-bond donors (Lipinski definition) is 1. The molecular formula is C8H2BrF2NO2. The van der Waals surface area contributed by atoms with Gasteiger partial charge in [-0.25, -0.2) is 8.78 Å². The minimum absolute atomic E-state index is 0.0149. The summed E-state index contributed by atoms with van der Waals surface area (Å²) in [7, 11) is 0. The summed E-state index contributed by atoms with van der Waals surface area (Å²) in [5.74, 6) is -4.04. The maximum atomic E-state index is 13.0. The third-order valence-corrected chi connectivity index (χ3v) is 2.60. The van der Waals surface area contributed by atoms with E-state index in [0.717, 1.165) is 0 Å². The van der Waals surface area contributed by atoms with E-state index in [9.17, 15) is 18.4 Å². The maximum Gasteiger partial charge on any atom is 0.296 e. The Morgan fingerprint density at radius 2 is 1.93 bits per heavy atom. The Bertz CT molecular complexity index is 473. The van der Waals surface area contributed by atoms with Gasteiger partial charge in [0, 0.05) is 0 Å². The number of amides is 1. The molecule has 0 saturated carbocycles. The fourth-order valence-electron chi connectivity index (χ4n) is 1.19. The number of carbonyl (C=O) groups is 2. The number of ketones is 1. The molecular weight excluding hydrogens is 260 g/mol. The maximum absolute atomic E-state index is 13.0. The Kier molecular flexibility index (Phi) is 1.88. The number of rotatable bonds is 0. The molecule has 1 aromatic rings. The summed E-state index contributed by atoms with van der Waals surface area (Å²) < 4.78 is 25.6. The molecule has 14 heavy (non-hydrogen) atoms. The molecule has 0 spiro atoms. The normalized spacial score (nSPS) is 14.2. The summed E-state index contributed by atoms with van der Waals surface area (Å²) in [4.78, 5) is 22.0. The number of Topliss-reactive ketones (excluding diaryl/α,β-unsaturated/α-hetero) is 1. The van der Waals surface area contributed by atoms with E-state index in [4.69, 9.17) is 0 Å². The Balaban J connectivity index is 2.76. The highest BCUT2D eigenvalue weighted by Crippen LogP contribution is 2.34. The highest BCUT2D eigenvalue weighted by Gasteiger charge is 2.32. The Morgan fingerprint density at radius 3 is 2.57 bits per heavy atom. The van der Waals surface area contributed by atoms with E-state index in [2.05, 4.69) is 21.2 Å². The molecule has 0 bridgehead atoms. The number of nitrogens with one attached hydrogen (secondary N) is 1. The molecule has 1 N–H and O–H groups in total. The summed E-state index contributed by atoms with van der Waals surface area (Å²) >= 11 is 2.76. The molecule has 0 radical (unpaired) electrons. The van der Waals surface area contributed by atoms with E-state index in [0.29, 0.717) is 6.07 Å². The zero-order valence-electron chi connectivity index (χ0n) is 6.53. The average molecular weight is 262 g/mol. The van der Waals surface area contributed by atoms with Gasteiger partial charge in [-0.15, -0.1) is 0 Å². The van der Waals surface area contributed by atoms with Crippen LogP contribution in [0.5, 0.6) is 0 Å². The molecule has 0 aromatic heterocycles. The van der Waals surface area contributed by atoms with Gasteiger partial charge in [-0.1, -0.05) is 0 Å². The van der Waals surface area contributed by atoms with Crippen molar-refractivity contribution >= 4 is 33.3 Å². The lowest BCUT2D eigenvalue weighted by molar-refractivity contribution is -0.112. The highest BCUT2D eigenvalue weighted by atomic mass is 79.9. The van der Waals surface area contributed by atoms with E-state index < -0.39 is 23.3 Å². The third kappa shape index (κ3) is 1.07. The Labute approximate surface area is 85.2 Å². The van der Waals surface area contributed by atoms with Crippen LogP contribution in [-0.4, -0.2) is 11.7 Å². The molecule has 6 heteroatoms. The van der Waals surface area contributed by atoms with Gasteiger partial charge in [0.15, 0.2) is 11.6 Å². The minimum Gasteiger partial charge on any atom is -0.317 e. The van der Waals surface area contributed by atoms with E-state index >= 15 is 0 Å². The van der Waals surface area contributed by atoms with Gasteiger partial charge < -0.3 is 5.32 Å². The van der Waals surface area contributed by atoms with Crippen molar-refractivity contribution in [1.82, 2.24) is 0 Å². The van der Waals surface area contributed by atoms with Crippen molar-refractivity contribution < 1.29 is 18.4 Å². The van der Waals surface area contributed by atoms with Crippen LogP contribution in [0.3, 0.4) is 0 Å². The lowest BCUT2D eigenvalue weighted by Crippen LogP contribution is -2.12. The first-order valence-corrected chi connectivity index (χ1v) is 4.35. The average Bonchev–Trinajstić information content (AvgIpc) is 2.42. The largest absolute Gasteiger partial charge is 0.317 e. The van der Waals surface area contributed by atoms with Crippen LogP contribution >= 0.6 is 15.9 Å². The van der Waals surface area contributed by atoms with Gasteiger partial charge in [0.1, 0.15) is 0 Å². The second kappa shape index (κ2) is 2.84. The summed E-state index contributed by atoms with van der Waals surface area (Å²) in [6.07, 6.45) is 0. The monoisotopic (exact) mass is 261 g/mol. The zero-order chi connectivity index (χ0) is 10.5. The lowest BCUT2D eigenvalue weighted by atomic mass is 10.1. The first-order chi connectivity index (χ1) is 6.52. The standard InChI is InChI=1S/C8H2BrF2NO2/c9-4-5(11)3(10)1-2-6(4)12-8(14)7(2)13/h1H,(H,12,13,14). The summed E-state index contributed by atoms with van der Waals surface area (Å²) in [6.45, 7) is 0. The fraction of sp³-hybridized carbons (Fsp3) is 0. The molecule has 2 rings (SSSR count). The van der Waals surface area contributed by atoms with Gasteiger partial charge in [0.05, 0.1) is 15.7 Å². The van der Waals surface area contributed by atoms with Crippen molar-refractivity contribution in [3.63, 3.8) is 0 Å². The van der Waals surface area contributed by atoms with Crippen LogP contribution in [-0.2, 0) is 4.79 Å². The molecule has 3 nitrogen and oxygen atoms in total. The molecule has 1 heterocycles. The minimum atomic E-state index is -1.17. The zero-order valence-corrected chi connectivity index (χ0v) is 8.11. The molecule has 0 aliphatic carbocycles. The van der Waals surface area contributed by atoms with Crippen LogP contribution in [0.1, 0.15) is 10.4 Å². The first kappa shape index (κ1) is 9.26. The topological polar surface area (TPSA) is 46.2 Å².